The molecule has 0 saturated heterocycles. The predicted octanol–water partition coefficient (Wildman–Crippen LogP) is 3.87. The van der Waals surface area contributed by atoms with Crippen molar-refractivity contribution in [2.75, 3.05) is 25.5 Å². The van der Waals surface area contributed by atoms with Crippen molar-refractivity contribution >= 4 is 40.8 Å². The van der Waals surface area contributed by atoms with E-state index in [2.05, 4.69) is 16.0 Å². The summed E-state index contributed by atoms with van der Waals surface area (Å²) in [7, 11) is 1.57. The molecule has 0 spiro atoms. The van der Waals surface area contributed by atoms with Crippen molar-refractivity contribution in [2.24, 2.45) is 0 Å². The van der Waals surface area contributed by atoms with Gasteiger partial charge in [-0.15, -0.1) is 0 Å². The lowest BCUT2D eigenvalue weighted by Crippen LogP contribution is -2.33. The van der Waals surface area contributed by atoms with Crippen LogP contribution in [0.2, 0.25) is 10.0 Å². The van der Waals surface area contributed by atoms with Gasteiger partial charge >= 0.3 is 6.03 Å². The Balaban J connectivity index is 1.62. The number of carbonyl (C=O) groups is 2. The maximum Gasteiger partial charge on any atom is 0.319 e. The minimum Gasteiger partial charge on any atom is -0.497 e. The van der Waals surface area contributed by atoms with Crippen molar-refractivity contribution in [1.29, 1.82) is 0 Å². The molecule has 0 bridgehead atoms. The molecule has 3 N–H and O–H groups in total. The van der Waals surface area contributed by atoms with Crippen molar-refractivity contribution in [3.63, 3.8) is 0 Å². The number of urea groups is 1. The summed E-state index contributed by atoms with van der Waals surface area (Å²) in [6.07, 6.45) is 0.789. The van der Waals surface area contributed by atoms with E-state index in [0.717, 1.165) is 5.56 Å². The molecule has 2 rings (SSSR count). The van der Waals surface area contributed by atoms with Crippen molar-refractivity contribution < 1.29 is 14.3 Å². The summed E-state index contributed by atoms with van der Waals surface area (Å²) in [5.74, 6) is 0.558. The summed E-state index contributed by atoms with van der Waals surface area (Å²) in [6.45, 7) is 0.688. The van der Waals surface area contributed by atoms with E-state index in [4.69, 9.17) is 27.9 Å². The smallest absolute Gasteiger partial charge is 0.319 e. The van der Waals surface area contributed by atoms with Crippen LogP contribution in [0.1, 0.15) is 12.0 Å². The maximum atomic E-state index is 11.8. The van der Waals surface area contributed by atoms with Crippen LogP contribution in [0, 0.1) is 0 Å². The van der Waals surface area contributed by atoms with Gasteiger partial charge < -0.3 is 20.7 Å². The lowest BCUT2D eigenvalue weighted by molar-refractivity contribution is -0.120. The van der Waals surface area contributed by atoms with Crippen LogP contribution in [-0.4, -0.2) is 32.1 Å². The van der Waals surface area contributed by atoms with Gasteiger partial charge in [-0.25, -0.2) is 4.79 Å². The van der Waals surface area contributed by atoms with Crippen LogP contribution in [0.3, 0.4) is 0 Å². The molecular formula is C19H21Cl2N3O3. The Morgan fingerprint density at radius 1 is 1.00 bits per heavy atom. The minimum atomic E-state index is -0.374. The van der Waals surface area contributed by atoms with E-state index in [1.165, 1.54) is 0 Å². The van der Waals surface area contributed by atoms with Crippen molar-refractivity contribution in [2.45, 2.75) is 12.8 Å². The summed E-state index contributed by atoms with van der Waals surface area (Å²) in [6, 6.07) is 11.8. The highest BCUT2D eigenvalue weighted by atomic mass is 35.5. The summed E-state index contributed by atoms with van der Waals surface area (Å²) in [5, 5.41) is 9.26. The molecule has 2 aromatic rings. The second kappa shape index (κ2) is 10.6. The molecule has 0 aliphatic carbocycles. The highest BCUT2D eigenvalue weighted by Gasteiger charge is 2.06. The zero-order valence-corrected chi connectivity index (χ0v) is 16.4. The number of ether oxygens (including phenoxy) is 1. The summed E-state index contributed by atoms with van der Waals surface area (Å²) in [4.78, 5) is 23.6. The second-order valence-corrected chi connectivity index (χ2v) is 6.54. The molecule has 0 fully saturated rings. The molecule has 0 aliphatic heterocycles. The fraction of sp³-hybridized carbons (Fsp3) is 0.263. The molecule has 27 heavy (non-hydrogen) atoms. The molecule has 144 valence electrons. The molecule has 8 heteroatoms. The Morgan fingerprint density at radius 2 is 1.74 bits per heavy atom. The molecule has 0 unspecified atom stereocenters. The van der Waals surface area contributed by atoms with Gasteiger partial charge in [-0.05, 0) is 48.4 Å². The number of nitrogens with one attached hydrogen (secondary N) is 3. The average molecular weight is 410 g/mol. The second-order valence-electron chi connectivity index (χ2n) is 5.70. The van der Waals surface area contributed by atoms with Gasteiger partial charge in [0.1, 0.15) is 5.75 Å². The monoisotopic (exact) mass is 409 g/mol. The SMILES string of the molecule is COc1ccc(NC(=O)NCCC(=O)NCCc2ccc(Cl)cc2Cl)cc1. The van der Waals surface area contributed by atoms with Crippen molar-refractivity contribution in [3.8, 4) is 5.75 Å². The molecule has 0 aromatic heterocycles. The van der Waals surface area contributed by atoms with Gasteiger partial charge in [-0.3, -0.25) is 4.79 Å². The number of hydrogen-bond acceptors (Lipinski definition) is 3. The quantitative estimate of drug-likeness (QED) is 0.618. The number of amides is 3. The molecule has 2 aromatic carbocycles. The zero-order valence-electron chi connectivity index (χ0n) is 14.9. The molecule has 0 saturated carbocycles. The van der Waals surface area contributed by atoms with Crippen LogP contribution >= 0.6 is 23.2 Å². The molecular weight excluding hydrogens is 389 g/mol. The molecule has 3 amide bonds. The standard InChI is InChI=1S/C19H21Cl2N3O3/c1-27-16-6-4-15(5-7-16)24-19(26)23-11-9-18(25)22-10-8-13-2-3-14(20)12-17(13)21/h2-7,12H,8-11H2,1H3,(H,22,25)(H2,23,24,26). The predicted molar refractivity (Wildman–Crippen MR) is 108 cm³/mol. The topological polar surface area (TPSA) is 79.5 Å². The first kappa shape index (κ1) is 20.9. The maximum absolute atomic E-state index is 11.8. The highest BCUT2D eigenvalue weighted by molar-refractivity contribution is 6.35. The van der Waals surface area contributed by atoms with E-state index in [0.29, 0.717) is 34.4 Å². The summed E-state index contributed by atoms with van der Waals surface area (Å²) in [5.41, 5.74) is 1.55. The van der Waals surface area contributed by atoms with E-state index in [9.17, 15) is 9.59 Å². The number of methoxy groups -OCH3 is 1. The van der Waals surface area contributed by atoms with E-state index in [1.807, 2.05) is 6.07 Å². The first-order valence-corrected chi connectivity index (χ1v) is 9.13. The van der Waals surface area contributed by atoms with E-state index in [-0.39, 0.29) is 24.9 Å². The third-order valence-corrected chi connectivity index (χ3v) is 4.30. The zero-order chi connectivity index (χ0) is 19.6. The van der Waals surface area contributed by atoms with Crippen LogP contribution in [0.4, 0.5) is 10.5 Å². The van der Waals surface area contributed by atoms with E-state index in [1.54, 1.807) is 43.5 Å². The fourth-order valence-corrected chi connectivity index (χ4v) is 2.79. The van der Waals surface area contributed by atoms with Crippen LogP contribution in [0.5, 0.6) is 5.75 Å². The normalized spacial score (nSPS) is 10.2. The van der Waals surface area contributed by atoms with E-state index >= 15 is 0 Å². The van der Waals surface area contributed by atoms with Crippen LogP contribution in [0.15, 0.2) is 42.5 Å². The molecule has 0 aliphatic rings. The number of hydrogen-bond donors (Lipinski definition) is 3. The Morgan fingerprint density at radius 3 is 2.41 bits per heavy atom. The van der Waals surface area contributed by atoms with Gasteiger partial charge in [-0.1, -0.05) is 29.3 Å². The largest absolute Gasteiger partial charge is 0.497 e. The summed E-state index contributed by atoms with van der Waals surface area (Å²) >= 11 is 11.9. The van der Waals surface area contributed by atoms with Gasteiger partial charge in [0.05, 0.1) is 7.11 Å². The van der Waals surface area contributed by atoms with Crippen LogP contribution in [-0.2, 0) is 11.2 Å². The lowest BCUT2D eigenvalue weighted by Gasteiger charge is -2.09. The summed E-state index contributed by atoms with van der Waals surface area (Å²) < 4.78 is 5.05. The first-order chi connectivity index (χ1) is 13.0. The third-order valence-electron chi connectivity index (χ3n) is 3.72. The van der Waals surface area contributed by atoms with Gasteiger partial charge in [-0.2, -0.15) is 0 Å². The van der Waals surface area contributed by atoms with Crippen molar-refractivity contribution in [3.05, 3.63) is 58.1 Å². The molecule has 6 nitrogen and oxygen atoms in total. The fourth-order valence-electron chi connectivity index (χ4n) is 2.29. The first-order valence-electron chi connectivity index (χ1n) is 8.37. The minimum absolute atomic E-state index is 0.148. The number of rotatable bonds is 8. The molecule has 0 heterocycles. The van der Waals surface area contributed by atoms with Gasteiger partial charge in [0.25, 0.3) is 0 Å². The third kappa shape index (κ3) is 7.37. The Labute approximate surface area is 168 Å². The number of carbonyl (C=O) groups excluding carboxylic acids is 2. The van der Waals surface area contributed by atoms with Gasteiger partial charge in [0.15, 0.2) is 0 Å². The molecule has 0 atom stereocenters. The van der Waals surface area contributed by atoms with Crippen LogP contribution < -0.4 is 20.7 Å². The molecule has 0 radical (unpaired) electrons. The van der Waals surface area contributed by atoms with Crippen molar-refractivity contribution in [1.82, 2.24) is 10.6 Å². The average Bonchev–Trinajstić information content (AvgIpc) is 2.64. The van der Waals surface area contributed by atoms with Crippen LogP contribution in [0.25, 0.3) is 0 Å². The number of benzene rings is 2. The van der Waals surface area contributed by atoms with E-state index < -0.39 is 0 Å². The van der Waals surface area contributed by atoms with Gasteiger partial charge in [0.2, 0.25) is 5.91 Å². The Hall–Kier alpha value is -2.44. The Kier molecular flexibility index (Phi) is 8.23. The van der Waals surface area contributed by atoms with Gasteiger partial charge in [0, 0.05) is 35.2 Å². The highest BCUT2D eigenvalue weighted by Crippen LogP contribution is 2.21. The number of halogens is 2. The number of anilines is 1. The lowest BCUT2D eigenvalue weighted by atomic mass is 10.1. The Bertz CT molecular complexity index is 782.